The molecule has 3 N–H and O–H groups in total. The summed E-state index contributed by atoms with van der Waals surface area (Å²) in [6, 6.07) is 16.6. The summed E-state index contributed by atoms with van der Waals surface area (Å²) in [5, 5.41) is 18.2. The van der Waals surface area contributed by atoms with Crippen molar-refractivity contribution in [1.82, 2.24) is 0 Å². The highest BCUT2D eigenvalue weighted by Gasteiger charge is 2.11. The number of benzene rings is 2. The quantitative estimate of drug-likeness (QED) is 0.617. The van der Waals surface area contributed by atoms with E-state index in [1.54, 1.807) is 18.2 Å². The van der Waals surface area contributed by atoms with Gasteiger partial charge in [-0.2, -0.15) is 10.5 Å². The molecular formula is C14H10N4. The molecule has 0 saturated carbocycles. The zero-order chi connectivity index (χ0) is 13.0. The molecule has 0 aliphatic carbocycles. The molecule has 0 radical (unpaired) electrons. The highest BCUT2D eigenvalue weighted by molar-refractivity contribution is 5.82. The van der Waals surface area contributed by atoms with Crippen molar-refractivity contribution in [3.63, 3.8) is 0 Å². The molecule has 4 heteroatoms. The average Bonchev–Trinajstić information content (AvgIpc) is 2.46. The number of nitriles is 2. The first-order valence-corrected chi connectivity index (χ1v) is 5.31. The smallest absolute Gasteiger partial charge is 0.101 e. The van der Waals surface area contributed by atoms with Gasteiger partial charge in [0.15, 0.2) is 0 Å². The van der Waals surface area contributed by atoms with Crippen LogP contribution >= 0.6 is 0 Å². The van der Waals surface area contributed by atoms with Crippen molar-refractivity contribution < 1.29 is 0 Å². The van der Waals surface area contributed by atoms with Gasteiger partial charge in [0, 0.05) is 11.1 Å². The molecular weight excluding hydrogens is 224 g/mol. The van der Waals surface area contributed by atoms with Crippen LogP contribution in [0.4, 0.5) is 5.69 Å². The first kappa shape index (κ1) is 11.7. The van der Waals surface area contributed by atoms with Crippen LogP contribution in [-0.4, -0.2) is 0 Å². The Balaban J connectivity index is 2.73. The van der Waals surface area contributed by atoms with Gasteiger partial charge in [-0.25, -0.2) is 0 Å². The van der Waals surface area contributed by atoms with Crippen molar-refractivity contribution >= 4 is 5.69 Å². The van der Waals surface area contributed by atoms with E-state index in [1.807, 2.05) is 30.3 Å². The summed E-state index contributed by atoms with van der Waals surface area (Å²) in [6.45, 7) is 0. The van der Waals surface area contributed by atoms with Gasteiger partial charge in [-0.15, -0.1) is 0 Å². The molecule has 0 saturated heterocycles. The average molecular weight is 234 g/mol. The molecule has 0 aromatic heterocycles. The Labute approximate surface area is 105 Å². The van der Waals surface area contributed by atoms with Gasteiger partial charge >= 0.3 is 0 Å². The molecule has 0 fully saturated rings. The third-order valence-electron chi connectivity index (χ3n) is 2.67. The lowest BCUT2D eigenvalue weighted by Crippen LogP contribution is -2.08. The normalized spacial score (nSPS) is 9.28. The van der Waals surface area contributed by atoms with Crippen molar-refractivity contribution in [2.24, 2.45) is 5.84 Å². The fourth-order valence-electron chi connectivity index (χ4n) is 1.83. The summed E-state index contributed by atoms with van der Waals surface area (Å²) in [5.41, 5.74) is 5.53. The van der Waals surface area contributed by atoms with Crippen LogP contribution in [0.1, 0.15) is 11.1 Å². The van der Waals surface area contributed by atoms with E-state index < -0.39 is 0 Å². The predicted octanol–water partition coefficient (Wildman–Crippen LogP) is 2.38. The third kappa shape index (κ3) is 1.89. The number of rotatable bonds is 2. The van der Waals surface area contributed by atoms with Crippen molar-refractivity contribution in [3.05, 3.63) is 53.6 Å². The second-order valence-electron chi connectivity index (χ2n) is 3.64. The molecule has 18 heavy (non-hydrogen) atoms. The summed E-state index contributed by atoms with van der Waals surface area (Å²) in [4.78, 5) is 0. The molecule has 0 unspecified atom stereocenters. The predicted molar refractivity (Wildman–Crippen MR) is 69.1 cm³/mol. The molecule has 4 nitrogen and oxygen atoms in total. The maximum absolute atomic E-state index is 9.20. The lowest BCUT2D eigenvalue weighted by molar-refractivity contribution is 1.35. The number of nitrogens with zero attached hydrogens (tertiary/aromatic N) is 2. The largest absolute Gasteiger partial charge is 0.324 e. The standard InChI is InChI=1S/C14H10N4/c15-8-10-4-3-6-11(13(10)9-16)12-5-1-2-7-14(12)18-17/h1-7,18H,17H2. The van der Waals surface area contributed by atoms with Crippen LogP contribution in [0.15, 0.2) is 42.5 Å². The van der Waals surface area contributed by atoms with Gasteiger partial charge in [0.2, 0.25) is 0 Å². The molecule has 86 valence electrons. The van der Waals surface area contributed by atoms with E-state index in [0.29, 0.717) is 22.4 Å². The van der Waals surface area contributed by atoms with E-state index in [-0.39, 0.29) is 0 Å². The second-order valence-corrected chi connectivity index (χ2v) is 3.64. The van der Waals surface area contributed by atoms with Crippen molar-refractivity contribution in [2.75, 3.05) is 5.43 Å². The number of para-hydroxylation sites is 1. The molecule has 0 aliphatic heterocycles. The second kappa shape index (κ2) is 5.01. The van der Waals surface area contributed by atoms with Gasteiger partial charge in [0.1, 0.15) is 12.1 Å². The molecule has 0 spiro atoms. The van der Waals surface area contributed by atoms with Crippen LogP contribution in [0.2, 0.25) is 0 Å². The van der Waals surface area contributed by atoms with Crippen LogP contribution in [0.3, 0.4) is 0 Å². The highest BCUT2D eigenvalue weighted by atomic mass is 15.2. The zero-order valence-electron chi connectivity index (χ0n) is 9.51. The summed E-state index contributed by atoms with van der Waals surface area (Å²) in [6.07, 6.45) is 0. The molecule has 2 aromatic carbocycles. The van der Waals surface area contributed by atoms with Gasteiger partial charge in [-0.3, -0.25) is 5.84 Å². The van der Waals surface area contributed by atoms with Crippen molar-refractivity contribution in [1.29, 1.82) is 10.5 Å². The van der Waals surface area contributed by atoms with Gasteiger partial charge in [-0.05, 0) is 12.1 Å². The number of hydrogen-bond donors (Lipinski definition) is 2. The van der Waals surface area contributed by atoms with E-state index in [9.17, 15) is 5.26 Å². The van der Waals surface area contributed by atoms with Crippen LogP contribution in [0.5, 0.6) is 0 Å². The maximum Gasteiger partial charge on any atom is 0.101 e. The molecule has 0 aliphatic rings. The molecule has 0 heterocycles. The van der Waals surface area contributed by atoms with E-state index in [4.69, 9.17) is 11.1 Å². The van der Waals surface area contributed by atoms with E-state index in [1.165, 1.54) is 0 Å². The fourth-order valence-corrected chi connectivity index (χ4v) is 1.83. The third-order valence-corrected chi connectivity index (χ3v) is 2.67. The Morgan fingerprint density at radius 2 is 1.61 bits per heavy atom. The van der Waals surface area contributed by atoms with Crippen LogP contribution in [-0.2, 0) is 0 Å². The Bertz CT molecular complexity index is 662. The van der Waals surface area contributed by atoms with Crippen LogP contribution < -0.4 is 11.3 Å². The van der Waals surface area contributed by atoms with Crippen LogP contribution in [0.25, 0.3) is 11.1 Å². The topological polar surface area (TPSA) is 85.6 Å². The molecule has 2 rings (SSSR count). The lowest BCUT2D eigenvalue weighted by Gasteiger charge is -2.10. The van der Waals surface area contributed by atoms with Gasteiger partial charge in [0.25, 0.3) is 0 Å². The van der Waals surface area contributed by atoms with Crippen LogP contribution in [0, 0.1) is 22.7 Å². The van der Waals surface area contributed by atoms with Gasteiger partial charge < -0.3 is 5.43 Å². The molecule has 0 bridgehead atoms. The lowest BCUT2D eigenvalue weighted by atomic mass is 9.95. The van der Waals surface area contributed by atoms with E-state index >= 15 is 0 Å². The summed E-state index contributed by atoms with van der Waals surface area (Å²) in [5.74, 6) is 5.45. The number of hydrazine groups is 1. The summed E-state index contributed by atoms with van der Waals surface area (Å²) in [7, 11) is 0. The minimum atomic E-state index is 0.363. The number of hydrogen-bond acceptors (Lipinski definition) is 4. The Morgan fingerprint density at radius 3 is 2.28 bits per heavy atom. The highest BCUT2D eigenvalue weighted by Crippen LogP contribution is 2.31. The Morgan fingerprint density at radius 1 is 0.889 bits per heavy atom. The van der Waals surface area contributed by atoms with Crippen molar-refractivity contribution in [3.8, 4) is 23.3 Å². The van der Waals surface area contributed by atoms with E-state index in [2.05, 4.69) is 11.5 Å². The SMILES string of the molecule is N#Cc1cccc(-c2ccccc2NN)c1C#N. The van der Waals surface area contributed by atoms with Gasteiger partial charge in [-0.1, -0.05) is 30.3 Å². The Kier molecular flexibility index (Phi) is 3.24. The zero-order valence-corrected chi connectivity index (χ0v) is 9.51. The van der Waals surface area contributed by atoms with E-state index in [0.717, 1.165) is 5.56 Å². The minimum Gasteiger partial charge on any atom is -0.324 e. The number of nitrogens with one attached hydrogen (secondary N) is 1. The molecule has 0 atom stereocenters. The number of nitrogen functional groups attached to an aromatic ring is 1. The summed E-state index contributed by atoms with van der Waals surface area (Å²) >= 11 is 0. The molecule has 0 amide bonds. The minimum absolute atomic E-state index is 0.363. The first-order chi connectivity index (χ1) is 8.81. The van der Waals surface area contributed by atoms with Crippen molar-refractivity contribution in [2.45, 2.75) is 0 Å². The number of anilines is 1. The number of nitrogens with two attached hydrogens (primary N) is 1. The maximum atomic E-state index is 9.20. The van der Waals surface area contributed by atoms with Gasteiger partial charge in [0.05, 0.1) is 16.8 Å². The Hall–Kier alpha value is -2.82. The first-order valence-electron chi connectivity index (χ1n) is 5.31. The fraction of sp³-hybridized carbons (Fsp3) is 0. The monoisotopic (exact) mass is 234 g/mol. The molecule has 2 aromatic rings. The summed E-state index contributed by atoms with van der Waals surface area (Å²) < 4.78 is 0.